The number of hydrogen-bond acceptors (Lipinski definition) is 5. The highest BCUT2D eigenvalue weighted by atomic mass is 32.2. The van der Waals surface area contributed by atoms with Crippen molar-refractivity contribution in [3.05, 3.63) is 89.0 Å². The summed E-state index contributed by atoms with van der Waals surface area (Å²) in [5.74, 6) is 1.38. The minimum Gasteiger partial charge on any atom is -0.593 e. The maximum atomic E-state index is 12.1. The molecule has 0 saturated carbocycles. The van der Waals surface area contributed by atoms with Crippen LogP contribution in [0.25, 0.3) is 5.57 Å². The summed E-state index contributed by atoms with van der Waals surface area (Å²) in [7, 11) is 0. The van der Waals surface area contributed by atoms with Gasteiger partial charge in [0.15, 0.2) is 5.25 Å². The van der Waals surface area contributed by atoms with Gasteiger partial charge in [0.2, 0.25) is 0 Å². The summed E-state index contributed by atoms with van der Waals surface area (Å²) in [6.07, 6.45) is 9.55. The van der Waals surface area contributed by atoms with Crippen molar-refractivity contribution in [1.82, 2.24) is 4.72 Å². The minimum atomic E-state index is -1.38. The molecule has 1 saturated heterocycles. The van der Waals surface area contributed by atoms with Gasteiger partial charge in [-0.05, 0) is 92.6 Å². The van der Waals surface area contributed by atoms with Crippen LogP contribution in [0, 0.1) is 13.8 Å². The van der Waals surface area contributed by atoms with Gasteiger partial charge in [0, 0.05) is 18.4 Å². The molecule has 0 spiro atoms. The van der Waals surface area contributed by atoms with Crippen molar-refractivity contribution < 1.29 is 23.9 Å². The Hall–Kier alpha value is -3.00. The lowest BCUT2D eigenvalue weighted by atomic mass is 9.89. The molecule has 39 heavy (non-hydrogen) atoms. The first kappa shape index (κ1) is 29.0. The van der Waals surface area contributed by atoms with Crippen LogP contribution in [0.3, 0.4) is 0 Å². The van der Waals surface area contributed by atoms with Crippen molar-refractivity contribution >= 4 is 22.8 Å². The maximum absolute atomic E-state index is 12.1. The Kier molecular flexibility index (Phi) is 9.26. The molecule has 7 heteroatoms. The number of amides is 1. The lowest BCUT2D eigenvalue weighted by Gasteiger charge is -2.21. The number of ether oxygens (including phenoxy) is 2. The monoisotopic (exact) mass is 549 g/mol. The zero-order valence-corrected chi connectivity index (χ0v) is 24.1. The number of carbonyl (C=O) groups excluding carboxylic acids is 1. The predicted octanol–water partition coefficient (Wildman–Crippen LogP) is 6.20. The fraction of sp³-hybridized carbons (Fsp3) is 0.406. The summed E-state index contributed by atoms with van der Waals surface area (Å²) < 4.78 is 26.8. The van der Waals surface area contributed by atoms with Crippen molar-refractivity contribution in [3.8, 4) is 11.5 Å². The van der Waals surface area contributed by atoms with Gasteiger partial charge in [-0.25, -0.2) is 0 Å². The van der Waals surface area contributed by atoms with E-state index in [0.29, 0.717) is 13.0 Å². The first-order valence-electron chi connectivity index (χ1n) is 13.5. The van der Waals surface area contributed by atoms with Crippen LogP contribution in [0.5, 0.6) is 11.5 Å². The van der Waals surface area contributed by atoms with Crippen LogP contribution in [0.4, 0.5) is 0 Å². The maximum Gasteiger partial charge on any atom is 0.266 e. The lowest BCUT2D eigenvalue weighted by molar-refractivity contribution is -0.118. The number of hydrogen-bond donors (Lipinski definition) is 2. The van der Waals surface area contributed by atoms with Crippen LogP contribution in [0.15, 0.2) is 66.8 Å². The Morgan fingerprint density at radius 3 is 2.46 bits per heavy atom. The topological polar surface area (TPSA) is 90.9 Å². The molecule has 1 aliphatic carbocycles. The predicted molar refractivity (Wildman–Crippen MR) is 157 cm³/mol. The number of aryl methyl sites for hydroxylation is 2. The van der Waals surface area contributed by atoms with Crippen LogP contribution < -0.4 is 14.2 Å². The number of allylic oxidation sites excluding steroid dienone is 4. The standard InChI is InChI=1S/C32H39NO5S/c1-21-10-13-25(38-26-14-11-24(12-15-26)29-20-30(34)33-39(29)36)8-6-7-9-28(21)31-22(2)18-27(19-23(31)3)37-17-16-32(4,5)35/h6-7,9,11-12,14-15,18-19,25,29,35H,1,8,10,13,16-17,20H2,2-5H3,(H,33,34)/b7-6-,28-9?/t25-,29?,39?/m0/s1. The van der Waals surface area contributed by atoms with Crippen LogP contribution in [-0.2, 0) is 16.2 Å². The second kappa shape index (κ2) is 12.5. The van der Waals surface area contributed by atoms with E-state index in [4.69, 9.17) is 9.47 Å². The number of aliphatic hydroxyl groups is 1. The Morgan fingerprint density at radius 2 is 1.85 bits per heavy atom. The van der Waals surface area contributed by atoms with Gasteiger partial charge < -0.3 is 19.1 Å². The van der Waals surface area contributed by atoms with Crippen molar-refractivity contribution in [2.75, 3.05) is 6.61 Å². The third-order valence-corrected chi connectivity index (χ3v) is 8.49. The Balaban J connectivity index is 1.40. The highest BCUT2D eigenvalue weighted by molar-refractivity contribution is 7.90. The molecule has 2 aliphatic rings. The van der Waals surface area contributed by atoms with Crippen molar-refractivity contribution in [3.63, 3.8) is 0 Å². The molecular weight excluding hydrogens is 510 g/mol. The molecule has 0 aromatic heterocycles. The van der Waals surface area contributed by atoms with Crippen LogP contribution in [0.2, 0.25) is 0 Å². The van der Waals surface area contributed by atoms with E-state index in [9.17, 15) is 14.5 Å². The lowest BCUT2D eigenvalue weighted by Crippen LogP contribution is -2.21. The molecule has 2 aromatic carbocycles. The molecule has 1 fully saturated rings. The molecule has 0 bridgehead atoms. The van der Waals surface area contributed by atoms with E-state index in [1.807, 2.05) is 24.3 Å². The fourth-order valence-electron chi connectivity index (χ4n) is 4.98. The molecule has 1 heterocycles. The van der Waals surface area contributed by atoms with E-state index in [-0.39, 0.29) is 23.7 Å². The van der Waals surface area contributed by atoms with Gasteiger partial charge in [-0.15, -0.1) is 0 Å². The Morgan fingerprint density at radius 1 is 1.15 bits per heavy atom. The van der Waals surface area contributed by atoms with Crippen molar-refractivity contribution in [2.45, 2.75) is 76.8 Å². The van der Waals surface area contributed by atoms with Crippen LogP contribution >= 0.6 is 0 Å². The van der Waals surface area contributed by atoms with E-state index in [0.717, 1.165) is 58.6 Å². The van der Waals surface area contributed by atoms with Gasteiger partial charge in [0.05, 0.1) is 30.0 Å². The van der Waals surface area contributed by atoms with Gasteiger partial charge in [-0.1, -0.05) is 36.9 Å². The van der Waals surface area contributed by atoms with Gasteiger partial charge in [0.1, 0.15) is 17.6 Å². The minimum absolute atomic E-state index is 0.00537. The van der Waals surface area contributed by atoms with E-state index in [1.165, 1.54) is 5.56 Å². The second-order valence-electron chi connectivity index (χ2n) is 11.1. The fourth-order valence-corrected chi connectivity index (χ4v) is 6.14. The number of carbonyl (C=O) groups is 1. The average Bonchev–Trinajstić information content (AvgIpc) is 3.23. The molecule has 2 N–H and O–H groups in total. The summed E-state index contributed by atoms with van der Waals surface area (Å²) in [5, 5.41) is 9.64. The highest BCUT2D eigenvalue weighted by Crippen LogP contribution is 2.35. The zero-order valence-electron chi connectivity index (χ0n) is 23.3. The number of nitrogens with one attached hydrogen (secondary N) is 1. The molecule has 1 amide bonds. The van der Waals surface area contributed by atoms with E-state index >= 15 is 0 Å². The molecule has 4 rings (SSSR count). The Bertz CT molecular complexity index is 1240. The van der Waals surface area contributed by atoms with Gasteiger partial charge >= 0.3 is 0 Å². The molecule has 3 atom stereocenters. The van der Waals surface area contributed by atoms with E-state index < -0.39 is 17.0 Å². The molecule has 2 aromatic rings. The average molecular weight is 550 g/mol. The smallest absolute Gasteiger partial charge is 0.266 e. The first-order chi connectivity index (χ1) is 18.5. The van der Waals surface area contributed by atoms with Crippen LogP contribution in [-0.4, -0.2) is 33.9 Å². The summed E-state index contributed by atoms with van der Waals surface area (Å²) in [4.78, 5) is 11.6. The van der Waals surface area contributed by atoms with E-state index in [1.54, 1.807) is 13.8 Å². The van der Waals surface area contributed by atoms with Crippen molar-refractivity contribution in [1.29, 1.82) is 0 Å². The Labute approximate surface area is 235 Å². The molecule has 0 radical (unpaired) electrons. The molecule has 208 valence electrons. The van der Waals surface area contributed by atoms with E-state index in [2.05, 4.69) is 55.5 Å². The second-order valence-corrected chi connectivity index (χ2v) is 12.4. The highest BCUT2D eigenvalue weighted by Gasteiger charge is 2.37. The van der Waals surface area contributed by atoms with Gasteiger partial charge in [0.25, 0.3) is 5.91 Å². The molecule has 2 unspecified atom stereocenters. The van der Waals surface area contributed by atoms with Crippen molar-refractivity contribution in [2.24, 2.45) is 0 Å². The third kappa shape index (κ3) is 7.78. The summed E-state index contributed by atoms with van der Waals surface area (Å²) >= 11 is -1.38. The third-order valence-electron chi connectivity index (χ3n) is 7.10. The SMILES string of the molecule is C=C1CC[C@@H](Oc2ccc(C3CC(=O)N[S+]3[O-])cc2)C/C=C\C=C1c1c(C)cc(OCCC(C)(C)O)cc1C. The first-order valence-corrected chi connectivity index (χ1v) is 14.7. The van der Waals surface area contributed by atoms with Gasteiger partial charge in [-0.2, -0.15) is 4.72 Å². The number of rotatable bonds is 8. The summed E-state index contributed by atoms with van der Waals surface area (Å²) in [5.41, 5.74) is 5.73. The molecule has 6 nitrogen and oxygen atoms in total. The number of benzene rings is 2. The molecular formula is C32H39NO5S. The van der Waals surface area contributed by atoms with Crippen LogP contribution in [0.1, 0.15) is 73.5 Å². The summed E-state index contributed by atoms with van der Waals surface area (Å²) in [6.45, 7) is 12.6. The zero-order chi connectivity index (χ0) is 28.2. The largest absolute Gasteiger partial charge is 0.593 e. The van der Waals surface area contributed by atoms with Gasteiger partial charge in [-0.3, -0.25) is 4.79 Å². The quantitative estimate of drug-likeness (QED) is 0.383. The molecule has 1 aliphatic heterocycles. The normalized spacial score (nSPS) is 22.8. The summed E-state index contributed by atoms with van der Waals surface area (Å²) in [6, 6.07) is 11.7.